The summed E-state index contributed by atoms with van der Waals surface area (Å²) in [6, 6.07) is 3.38. The van der Waals surface area contributed by atoms with Crippen molar-refractivity contribution < 1.29 is 28.5 Å². The molecule has 0 aliphatic heterocycles. The van der Waals surface area contributed by atoms with Gasteiger partial charge in [-0.15, -0.1) is 0 Å². The predicted molar refractivity (Wildman–Crippen MR) is 89.9 cm³/mol. The summed E-state index contributed by atoms with van der Waals surface area (Å²) in [5.74, 6) is -0.579. The molecule has 0 bridgehead atoms. The molecule has 1 aromatic heterocycles. The van der Waals surface area contributed by atoms with Gasteiger partial charge in [-0.25, -0.2) is 4.98 Å². The van der Waals surface area contributed by atoms with Crippen LogP contribution in [-0.2, 0) is 23.8 Å². The molecule has 8 nitrogen and oxygen atoms in total. The third-order valence-corrected chi connectivity index (χ3v) is 2.99. The van der Waals surface area contributed by atoms with E-state index in [1.807, 2.05) is 0 Å². The van der Waals surface area contributed by atoms with Gasteiger partial charge in [0.1, 0.15) is 11.7 Å². The predicted octanol–water partition coefficient (Wildman–Crippen LogP) is 1.60. The minimum Gasteiger partial charge on any atom is -0.481 e. The Morgan fingerprint density at radius 1 is 1.28 bits per heavy atom. The number of methoxy groups -OCH3 is 2. The Bertz CT molecular complexity index is 585. The van der Waals surface area contributed by atoms with Gasteiger partial charge in [0, 0.05) is 26.3 Å². The van der Waals surface area contributed by atoms with Crippen molar-refractivity contribution in [3.63, 3.8) is 0 Å². The molecule has 1 rings (SSSR count). The maximum Gasteiger partial charge on any atom is 0.320 e. The average Bonchev–Trinajstić information content (AvgIpc) is 2.51. The standard InChI is InChI=1S/C17H26N2O6/c1-11(20)24-16(19-10-14(21)25-17(2,3)4)15(23-6)12-7-8-18-13(9-12)22-5/h7-9,15-16,19H,10H2,1-6H3. The number of ether oxygens (including phenoxy) is 4. The Balaban J connectivity index is 2.90. The van der Waals surface area contributed by atoms with Crippen LogP contribution in [0, 0.1) is 0 Å². The lowest BCUT2D eigenvalue weighted by molar-refractivity contribution is -0.163. The lowest BCUT2D eigenvalue weighted by atomic mass is 10.1. The number of hydrogen-bond acceptors (Lipinski definition) is 8. The molecule has 0 saturated heterocycles. The van der Waals surface area contributed by atoms with Crippen LogP contribution in [0.15, 0.2) is 18.3 Å². The molecule has 0 spiro atoms. The summed E-state index contributed by atoms with van der Waals surface area (Å²) in [6.45, 7) is 6.46. The SMILES string of the molecule is COc1cc(C(OC)C(NCC(=O)OC(C)(C)C)OC(C)=O)ccn1. The molecular weight excluding hydrogens is 328 g/mol. The maximum atomic E-state index is 11.9. The van der Waals surface area contributed by atoms with E-state index in [9.17, 15) is 9.59 Å². The van der Waals surface area contributed by atoms with Crippen molar-refractivity contribution in [2.45, 2.75) is 45.6 Å². The van der Waals surface area contributed by atoms with Crippen molar-refractivity contribution in [2.75, 3.05) is 20.8 Å². The van der Waals surface area contributed by atoms with Crippen molar-refractivity contribution in [3.8, 4) is 5.88 Å². The van der Waals surface area contributed by atoms with Crippen LogP contribution in [-0.4, -0.2) is 49.5 Å². The van der Waals surface area contributed by atoms with Gasteiger partial charge in [0.2, 0.25) is 5.88 Å². The quantitative estimate of drug-likeness (QED) is 0.555. The van der Waals surface area contributed by atoms with Gasteiger partial charge in [-0.2, -0.15) is 0 Å². The molecule has 0 amide bonds. The number of carbonyl (C=O) groups excluding carboxylic acids is 2. The fourth-order valence-corrected chi connectivity index (χ4v) is 2.10. The smallest absolute Gasteiger partial charge is 0.320 e. The molecule has 0 radical (unpaired) electrons. The normalized spacial score (nSPS) is 13.7. The minimum absolute atomic E-state index is 0.142. The Kier molecular flexibility index (Phi) is 7.79. The summed E-state index contributed by atoms with van der Waals surface area (Å²) in [4.78, 5) is 27.4. The van der Waals surface area contributed by atoms with Crippen molar-refractivity contribution in [1.29, 1.82) is 0 Å². The first kappa shape index (κ1) is 20.9. The van der Waals surface area contributed by atoms with Crippen LogP contribution in [0.5, 0.6) is 5.88 Å². The van der Waals surface area contributed by atoms with E-state index in [-0.39, 0.29) is 6.54 Å². The molecule has 1 N–H and O–H groups in total. The first-order chi connectivity index (χ1) is 11.7. The summed E-state index contributed by atoms with van der Waals surface area (Å²) in [5, 5.41) is 2.86. The van der Waals surface area contributed by atoms with Gasteiger partial charge in [-0.05, 0) is 32.4 Å². The average molecular weight is 354 g/mol. The zero-order valence-corrected chi connectivity index (χ0v) is 15.5. The number of hydrogen-bond donors (Lipinski definition) is 1. The minimum atomic E-state index is -0.887. The molecule has 0 saturated carbocycles. The van der Waals surface area contributed by atoms with Crippen LogP contribution in [0.25, 0.3) is 0 Å². The Labute approximate surface area is 147 Å². The molecule has 0 aliphatic carbocycles. The maximum absolute atomic E-state index is 11.9. The van der Waals surface area contributed by atoms with E-state index in [0.717, 1.165) is 0 Å². The second kappa shape index (κ2) is 9.33. The molecule has 8 heteroatoms. The van der Waals surface area contributed by atoms with E-state index in [4.69, 9.17) is 18.9 Å². The summed E-state index contributed by atoms with van der Waals surface area (Å²) in [6.07, 6.45) is 0.00385. The van der Waals surface area contributed by atoms with Crippen LogP contribution in [0.3, 0.4) is 0 Å². The Morgan fingerprint density at radius 2 is 1.96 bits per heavy atom. The molecule has 140 valence electrons. The molecule has 2 unspecified atom stereocenters. The first-order valence-electron chi connectivity index (χ1n) is 7.81. The Morgan fingerprint density at radius 3 is 2.48 bits per heavy atom. The van der Waals surface area contributed by atoms with E-state index in [0.29, 0.717) is 11.4 Å². The van der Waals surface area contributed by atoms with E-state index >= 15 is 0 Å². The van der Waals surface area contributed by atoms with Crippen LogP contribution in [0.4, 0.5) is 0 Å². The van der Waals surface area contributed by atoms with Crippen LogP contribution in [0.1, 0.15) is 39.4 Å². The van der Waals surface area contributed by atoms with E-state index < -0.39 is 29.9 Å². The number of nitrogens with zero attached hydrogens (tertiary/aromatic N) is 1. The third-order valence-electron chi connectivity index (χ3n) is 2.99. The van der Waals surface area contributed by atoms with Gasteiger partial charge < -0.3 is 18.9 Å². The lowest BCUT2D eigenvalue weighted by Gasteiger charge is -2.27. The molecule has 0 fully saturated rings. The molecule has 1 aromatic rings. The highest BCUT2D eigenvalue weighted by atomic mass is 16.6. The Hall–Kier alpha value is -2.19. The number of nitrogens with one attached hydrogen (secondary N) is 1. The summed E-state index contributed by atoms with van der Waals surface area (Å²) in [7, 11) is 2.97. The highest BCUT2D eigenvalue weighted by molar-refractivity contribution is 5.72. The van der Waals surface area contributed by atoms with Crippen molar-refractivity contribution in [1.82, 2.24) is 10.3 Å². The van der Waals surface area contributed by atoms with Crippen LogP contribution < -0.4 is 10.1 Å². The summed E-state index contributed by atoms with van der Waals surface area (Å²) in [5.41, 5.74) is 0.0757. The number of esters is 2. The van der Waals surface area contributed by atoms with Gasteiger partial charge >= 0.3 is 11.9 Å². The number of pyridine rings is 1. The third kappa shape index (κ3) is 7.49. The molecule has 0 aromatic carbocycles. The fourth-order valence-electron chi connectivity index (χ4n) is 2.10. The zero-order valence-electron chi connectivity index (χ0n) is 15.5. The molecule has 1 heterocycles. The molecule has 0 aliphatic rings. The van der Waals surface area contributed by atoms with Crippen LogP contribution in [0.2, 0.25) is 0 Å². The number of rotatable bonds is 8. The van der Waals surface area contributed by atoms with E-state index in [2.05, 4.69) is 10.3 Å². The second-order valence-corrected chi connectivity index (χ2v) is 6.29. The zero-order chi connectivity index (χ0) is 19.0. The van der Waals surface area contributed by atoms with Crippen molar-refractivity contribution in [3.05, 3.63) is 23.9 Å². The van der Waals surface area contributed by atoms with Gasteiger partial charge in [-0.3, -0.25) is 14.9 Å². The van der Waals surface area contributed by atoms with Crippen molar-refractivity contribution >= 4 is 11.9 Å². The highest BCUT2D eigenvalue weighted by Gasteiger charge is 2.28. The monoisotopic (exact) mass is 354 g/mol. The number of aromatic nitrogens is 1. The summed E-state index contributed by atoms with van der Waals surface area (Å²) >= 11 is 0. The van der Waals surface area contributed by atoms with Crippen LogP contribution >= 0.6 is 0 Å². The van der Waals surface area contributed by atoms with Gasteiger partial charge in [-0.1, -0.05) is 0 Å². The molecule has 25 heavy (non-hydrogen) atoms. The number of carbonyl (C=O) groups is 2. The van der Waals surface area contributed by atoms with Crippen molar-refractivity contribution in [2.24, 2.45) is 0 Å². The van der Waals surface area contributed by atoms with E-state index in [1.165, 1.54) is 21.1 Å². The van der Waals surface area contributed by atoms with Gasteiger partial charge in [0.25, 0.3) is 0 Å². The fraction of sp³-hybridized carbons (Fsp3) is 0.588. The summed E-state index contributed by atoms with van der Waals surface area (Å²) < 4.78 is 21.1. The lowest BCUT2D eigenvalue weighted by Crippen LogP contribution is -2.43. The first-order valence-corrected chi connectivity index (χ1v) is 7.81. The van der Waals surface area contributed by atoms with Gasteiger partial charge in [0.15, 0.2) is 6.23 Å². The molecular formula is C17H26N2O6. The second-order valence-electron chi connectivity index (χ2n) is 6.29. The van der Waals surface area contributed by atoms with E-state index in [1.54, 1.807) is 39.1 Å². The highest BCUT2D eigenvalue weighted by Crippen LogP contribution is 2.24. The topological polar surface area (TPSA) is 96.0 Å². The van der Waals surface area contributed by atoms with Gasteiger partial charge in [0.05, 0.1) is 13.7 Å². The largest absolute Gasteiger partial charge is 0.481 e. The molecule has 2 atom stereocenters.